The summed E-state index contributed by atoms with van der Waals surface area (Å²) >= 11 is 3.46. The average molecular weight is 529 g/mol. The number of likely N-dealkylation sites (tertiary alicyclic amines) is 1. The Hall–Kier alpha value is -2.20. The van der Waals surface area contributed by atoms with Crippen molar-refractivity contribution in [2.45, 2.75) is 36.1 Å². The van der Waals surface area contributed by atoms with Crippen molar-refractivity contribution in [3.05, 3.63) is 47.6 Å². The molecule has 0 amide bonds. The van der Waals surface area contributed by atoms with Crippen LogP contribution in [0, 0.1) is 11.8 Å². The SMILES string of the molecule is COc1ccc2nccc([C@H](CC[C@@H]3CCN(CCSc4nccs4)C[C@@H]3CC(=O)O)N(C)C)c2c1. The van der Waals surface area contributed by atoms with Crippen LogP contribution in [0.3, 0.4) is 0 Å². The predicted molar refractivity (Wildman–Crippen MR) is 147 cm³/mol. The molecule has 3 aromatic rings. The second kappa shape index (κ2) is 12.9. The first-order valence-corrected chi connectivity index (χ1v) is 14.4. The summed E-state index contributed by atoms with van der Waals surface area (Å²) in [6.07, 6.45) is 7.00. The van der Waals surface area contributed by atoms with E-state index in [1.807, 2.05) is 29.9 Å². The molecule has 3 heterocycles. The fourth-order valence-corrected chi connectivity index (χ4v) is 7.07. The molecule has 1 aliphatic heterocycles. The first kappa shape index (κ1) is 26.9. The maximum atomic E-state index is 11.7. The largest absolute Gasteiger partial charge is 0.497 e. The summed E-state index contributed by atoms with van der Waals surface area (Å²) in [4.78, 5) is 25.3. The van der Waals surface area contributed by atoms with Gasteiger partial charge in [0.05, 0.1) is 12.6 Å². The highest BCUT2D eigenvalue weighted by Crippen LogP contribution is 2.36. The van der Waals surface area contributed by atoms with E-state index >= 15 is 0 Å². The molecule has 1 aliphatic rings. The van der Waals surface area contributed by atoms with E-state index in [0.717, 1.165) is 65.6 Å². The zero-order chi connectivity index (χ0) is 25.5. The van der Waals surface area contributed by atoms with Gasteiger partial charge in [-0.2, -0.15) is 0 Å². The minimum absolute atomic E-state index is 0.179. The highest BCUT2D eigenvalue weighted by molar-refractivity contribution is 8.01. The Kier molecular flexibility index (Phi) is 9.59. The van der Waals surface area contributed by atoms with Crippen molar-refractivity contribution in [1.29, 1.82) is 0 Å². The van der Waals surface area contributed by atoms with Crippen molar-refractivity contribution in [2.24, 2.45) is 11.8 Å². The van der Waals surface area contributed by atoms with Crippen molar-refractivity contribution < 1.29 is 14.6 Å². The summed E-state index contributed by atoms with van der Waals surface area (Å²) < 4.78 is 6.58. The molecule has 1 N–H and O–H groups in total. The molecule has 3 atom stereocenters. The van der Waals surface area contributed by atoms with Crippen LogP contribution in [-0.4, -0.2) is 77.4 Å². The fourth-order valence-electron chi connectivity index (χ4n) is 5.37. The number of hydrogen-bond acceptors (Lipinski definition) is 8. The molecule has 0 radical (unpaired) electrons. The van der Waals surface area contributed by atoms with E-state index < -0.39 is 5.97 Å². The summed E-state index contributed by atoms with van der Waals surface area (Å²) in [6.45, 7) is 2.86. The van der Waals surface area contributed by atoms with Gasteiger partial charge in [0.2, 0.25) is 0 Å². The third-order valence-corrected chi connectivity index (χ3v) is 9.18. The van der Waals surface area contributed by atoms with Crippen LogP contribution in [-0.2, 0) is 4.79 Å². The molecule has 194 valence electrons. The van der Waals surface area contributed by atoms with Gasteiger partial charge in [-0.05, 0) is 81.6 Å². The molecule has 0 spiro atoms. The van der Waals surface area contributed by atoms with Crippen LogP contribution < -0.4 is 4.74 Å². The van der Waals surface area contributed by atoms with Crippen LogP contribution in [0.15, 0.2) is 46.4 Å². The lowest BCUT2D eigenvalue weighted by atomic mass is 9.79. The molecule has 36 heavy (non-hydrogen) atoms. The van der Waals surface area contributed by atoms with Crippen LogP contribution in [0.4, 0.5) is 0 Å². The molecule has 0 saturated carbocycles. The number of aliphatic carboxylic acids is 1. The smallest absolute Gasteiger partial charge is 0.303 e. The van der Waals surface area contributed by atoms with E-state index in [9.17, 15) is 9.90 Å². The minimum atomic E-state index is -0.694. The Morgan fingerprint density at radius 2 is 2.14 bits per heavy atom. The third-order valence-electron chi connectivity index (χ3n) is 7.23. The number of thiazole rings is 1. The molecule has 9 heteroatoms. The van der Waals surface area contributed by atoms with Crippen LogP contribution in [0.2, 0.25) is 0 Å². The molecule has 1 aromatic carbocycles. The Morgan fingerprint density at radius 3 is 2.86 bits per heavy atom. The molecule has 2 aromatic heterocycles. The number of thioether (sulfide) groups is 1. The molecule has 1 fully saturated rings. The monoisotopic (exact) mass is 528 g/mol. The lowest BCUT2D eigenvalue weighted by Gasteiger charge is -2.39. The fraction of sp³-hybridized carbons (Fsp3) is 0.519. The van der Waals surface area contributed by atoms with Crippen LogP contribution >= 0.6 is 23.1 Å². The van der Waals surface area contributed by atoms with Crippen molar-refractivity contribution in [3.63, 3.8) is 0 Å². The summed E-state index contributed by atoms with van der Waals surface area (Å²) in [5.74, 6) is 1.71. The van der Waals surface area contributed by atoms with Gasteiger partial charge in [0, 0.05) is 54.5 Å². The van der Waals surface area contributed by atoms with E-state index in [4.69, 9.17) is 4.74 Å². The number of pyridine rings is 1. The molecule has 1 saturated heterocycles. The number of rotatable bonds is 12. The molecule has 0 aliphatic carbocycles. The number of carboxylic acid groups (broad SMARTS) is 1. The summed E-state index contributed by atoms with van der Waals surface area (Å²) in [7, 11) is 5.93. The zero-order valence-electron chi connectivity index (χ0n) is 21.3. The number of aromatic nitrogens is 2. The zero-order valence-corrected chi connectivity index (χ0v) is 22.9. The van der Waals surface area contributed by atoms with Gasteiger partial charge in [-0.3, -0.25) is 9.78 Å². The van der Waals surface area contributed by atoms with Crippen molar-refractivity contribution in [2.75, 3.05) is 46.6 Å². The lowest BCUT2D eigenvalue weighted by Crippen LogP contribution is -2.42. The molecule has 0 unspecified atom stereocenters. The second-order valence-corrected chi connectivity index (χ2v) is 11.9. The second-order valence-electron chi connectivity index (χ2n) is 9.69. The van der Waals surface area contributed by atoms with E-state index in [2.05, 4.69) is 46.0 Å². The molecular weight excluding hydrogens is 492 g/mol. The summed E-state index contributed by atoms with van der Waals surface area (Å²) in [5.41, 5.74) is 2.21. The number of ether oxygens (including phenoxy) is 1. The van der Waals surface area contributed by atoms with E-state index in [-0.39, 0.29) is 18.4 Å². The quantitative estimate of drug-likeness (QED) is 0.318. The molecule has 4 rings (SSSR count). The van der Waals surface area contributed by atoms with Gasteiger partial charge in [-0.25, -0.2) is 4.98 Å². The van der Waals surface area contributed by atoms with Gasteiger partial charge in [0.15, 0.2) is 0 Å². The Balaban J connectivity index is 1.42. The first-order chi connectivity index (χ1) is 17.4. The van der Waals surface area contributed by atoms with Gasteiger partial charge >= 0.3 is 5.97 Å². The number of fused-ring (bicyclic) bond motifs is 1. The van der Waals surface area contributed by atoms with Crippen LogP contribution in [0.25, 0.3) is 10.9 Å². The predicted octanol–water partition coefficient (Wildman–Crippen LogP) is 5.29. The van der Waals surface area contributed by atoms with Crippen molar-refractivity contribution in [3.8, 4) is 5.75 Å². The Morgan fingerprint density at radius 1 is 1.28 bits per heavy atom. The van der Waals surface area contributed by atoms with Gasteiger partial charge in [-0.15, -0.1) is 11.3 Å². The van der Waals surface area contributed by atoms with Gasteiger partial charge < -0.3 is 19.6 Å². The van der Waals surface area contributed by atoms with E-state index in [1.165, 1.54) is 5.56 Å². The number of benzene rings is 1. The minimum Gasteiger partial charge on any atom is -0.497 e. The third kappa shape index (κ3) is 6.97. The Bertz CT molecular complexity index is 1130. The topological polar surface area (TPSA) is 78.8 Å². The van der Waals surface area contributed by atoms with Crippen molar-refractivity contribution in [1.82, 2.24) is 19.8 Å². The number of piperidine rings is 1. The van der Waals surface area contributed by atoms with Gasteiger partial charge in [0.25, 0.3) is 0 Å². The number of hydrogen-bond donors (Lipinski definition) is 1. The highest BCUT2D eigenvalue weighted by atomic mass is 32.2. The van der Waals surface area contributed by atoms with Crippen molar-refractivity contribution >= 4 is 40.0 Å². The van der Waals surface area contributed by atoms with E-state index in [0.29, 0.717) is 5.92 Å². The lowest BCUT2D eigenvalue weighted by molar-refractivity contribution is -0.139. The first-order valence-electron chi connectivity index (χ1n) is 12.5. The highest BCUT2D eigenvalue weighted by Gasteiger charge is 2.31. The summed E-state index contributed by atoms with van der Waals surface area (Å²) in [6, 6.07) is 8.37. The molecule has 7 nitrogen and oxygen atoms in total. The molecule has 0 bridgehead atoms. The van der Waals surface area contributed by atoms with E-state index in [1.54, 1.807) is 30.2 Å². The average Bonchev–Trinajstić information content (AvgIpc) is 3.38. The maximum absolute atomic E-state index is 11.7. The summed E-state index contributed by atoms with van der Waals surface area (Å²) in [5, 5.41) is 12.7. The molecular formula is C27H36N4O3S2. The standard InChI is InChI=1S/C27H36N4O3S2/c1-30(2)25(22-8-10-28-24-6-5-21(34-3)17-23(22)24)7-4-19-9-12-31(18-20(19)16-26(32)33)13-15-36-27-29-11-14-35-27/h5-6,8,10-11,14,17,19-20,25H,4,7,9,12-13,15-16,18H2,1-3H3,(H,32,33)/t19-,20+,25+/m1/s1. The number of carboxylic acids is 1. The normalized spacial score (nSPS) is 19.6. The van der Waals surface area contributed by atoms with Gasteiger partial charge in [0.1, 0.15) is 10.1 Å². The maximum Gasteiger partial charge on any atom is 0.303 e. The Labute approximate surface area is 221 Å². The number of methoxy groups -OCH3 is 1. The number of nitrogens with zero attached hydrogens (tertiary/aromatic N) is 4. The van der Waals surface area contributed by atoms with Crippen LogP contribution in [0.1, 0.15) is 37.3 Å². The van der Waals surface area contributed by atoms with Gasteiger partial charge in [-0.1, -0.05) is 11.8 Å². The van der Waals surface area contributed by atoms with Crippen LogP contribution in [0.5, 0.6) is 5.75 Å². The number of carbonyl (C=O) groups is 1.